The summed E-state index contributed by atoms with van der Waals surface area (Å²) in [6.07, 6.45) is 6.29. The highest BCUT2D eigenvalue weighted by Crippen LogP contribution is 2.22. The predicted octanol–water partition coefficient (Wildman–Crippen LogP) is 0.0458. The molecule has 2 saturated heterocycles. The van der Waals surface area contributed by atoms with Crippen molar-refractivity contribution in [2.45, 2.75) is 82.5 Å². The molecule has 4 amide bonds. The van der Waals surface area contributed by atoms with Gasteiger partial charge in [-0.05, 0) is 63.1 Å². The summed E-state index contributed by atoms with van der Waals surface area (Å²) in [4.78, 5) is 58.8. The number of aliphatic hydroxyl groups is 1. The van der Waals surface area contributed by atoms with Crippen LogP contribution in [0.5, 0.6) is 0 Å². The third-order valence-electron chi connectivity index (χ3n) is 6.77. The van der Waals surface area contributed by atoms with Gasteiger partial charge in [0.05, 0.1) is 0 Å². The van der Waals surface area contributed by atoms with Crippen LogP contribution in [0, 0.1) is 0 Å². The van der Waals surface area contributed by atoms with Crippen molar-refractivity contribution in [3.63, 3.8) is 0 Å². The average Bonchev–Trinajstić information content (AvgIpc) is 3.32. The molecule has 4 N–H and O–H groups in total. The Morgan fingerprint density at radius 2 is 1.82 bits per heavy atom. The van der Waals surface area contributed by atoms with Crippen molar-refractivity contribution < 1.29 is 24.3 Å². The molecule has 10 nitrogen and oxygen atoms in total. The third-order valence-corrected chi connectivity index (χ3v) is 6.77. The van der Waals surface area contributed by atoms with Crippen LogP contribution in [0.3, 0.4) is 0 Å². The number of hydrogen-bond acceptors (Lipinski definition) is 6. The second-order valence-corrected chi connectivity index (χ2v) is 9.23. The smallest absolute Gasteiger partial charge is 0.246 e. The standard InChI is InChI=1S/C24H35N5O5/c1-3-24(2)23(34)27-18(15-16-9-11-25-12-10-16)22(33)29-13-6-8-19(29)21(32)26-17(20(31)28-24)7-4-5-14-30/h9-12,17-19,30H,3-8,13-15H2,1-2H3,(H,26,32)(H,27,34)(H,28,31)/t17-,18-,19+,24-/m0/s1. The summed E-state index contributed by atoms with van der Waals surface area (Å²) < 4.78 is 0. The fourth-order valence-corrected chi connectivity index (χ4v) is 4.44. The normalized spacial score (nSPS) is 28.3. The van der Waals surface area contributed by atoms with Crippen molar-refractivity contribution in [1.82, 2.24) is 25.8 Å². The summed E-state index contributed by atoms with van der Waals surface area (Å²) in [5.74, 6) is -1.59. The minimum Gasteiger partial charge on any atom is -0.396 e. The van der Waals surface area contributed by atoms with Crippen LogP contribution >= 0.6 is 0 Å². The van der Waals surface area contributed by atoms with E-state index in [1.165, 1.54) is 4.90 Å². The van der Waals surface area contributed by atoms with Crippen molar-refractivity contribution in [1.29, 1.82) is 0 Å². The summed E-state index contributed by atoms with van der Waals surface area (Å²) in [5.41, 5.74) is -0.440. The highest BCUT2D eigenvalue weighted by molar-refractivity contribution is 5.99. The van der Waals surface area contributed by atoms with Crippen molar-refractivity contribution in [2.24, 2.45) is 0 Å². The molecule has 0 spiro atoms. The number of hydrogen-bond donors (Lipinski definition) is 4. The van der Waals surface area contributed by atoms with E-state index in [1.807, 2.05) is 0 Å². The lowest BCUT2D eigenvalue weighted by molar-refractivity contribution is -0.144. The zero-order valence-corrected chi connectivity index (χ0v) is 19.9. The molecule has 2 fully saturated rings. The minimum absolute atomic E-state index is 0.0128. The van der Waals surface area contributed by atoms with Gasteiger partial charge in [0.1, 0.15) is 23.7 Å². The minimum atomic E-state index is -1.27. The zero-order valence-electron chi connectivity index (χ0n) is 19.9. The molecular weight excluding hydrogens is 438 g/mol. The first-order valence-electron chi connectivity index (χ1n) is 12.0. The maximum absolute atomic E-state index is 13.6. The van der Waals surface area contributed by atoms with Crippen LogP contribution < -0.4 is 16.0 Å². The van der Waals surface area contributed by atoms with E-state index in [4.69, 9.17) is 5.11 Å². The van der Waals surface area contributed by atoms with Gasteiger partial charge in [-0.2, -0.15) is 0 Å². The molecule has 3 rings (SSSR count). The lowest BCUT2D eigenvalue weighted by atomic mass is 9.94. The predicted molar refractivity (Wildman–Crippen MR) is 124 cm³/mol. The number of nitrogens with zero attached hydrogens (tertiary/aromatic N) is 2. The SMILES string of the molecule is CC[C@]1(C)NC(=O)[C@H](CCCCO)NC(=O)[C@H]2CCCN2C(=O)[C@H](Cc2ccncc2)NC1=O. The van der Waals surface area contributed by atoms with Crippen LogP contribution in [0.4, 0.5) is 0 Å². The summed E-state index contributed by atoms with van der Waals surface area (Å²) in [6.45, 7) is 3.79. The molecule has 0 bridgehead atoms. The summed E-state index contributed by atoms with van der Waals surface area (Å²) >= 11 is 0. The second kappa shape index (κ2) is 11.4. The fourth-order valence-electron chi connectivity index (χ4n) is 4.44. The molecule has 2 aliphatic rings. The zero-order chi connectivity index (χ0) is 24.7. The first-order chi connectivity index (χ1) is 16.3. The van der Waals surface area contributed by atoms with Gasteiger partial charge in [-0.1, -0.05) is 6.92 Å². The Morgan fingerprint density at radius 3 is 2.50 bits per heavy atom. The Bertz CT molecular complexity index is 895. The van der Waals surface area contributed by atoms with E-state index in [2.05, 4.69) is 20.9 Å². The average molecular weight is 474 g/mol. The molecule has 2 aliphatic heterocycles. The van der Waals surface area contributed by atoms with Crippen molar-refractivity contribution in [3.05, 3.63) is 30.1 Å². The Labute approximate surface area is 199 Å². The van der Waals surface area contributed by atoms with Crippen LogP contribution in [0.1, 0.15) is 57.9 Å². The Balaban J connectivity index is 1.94. The monoisotopic (exact) mass is 473 g/mol. The van der Waals surface area contributed by atoms with Gasteiger partial charge in [0, 0.05) is 32.0 Å². The molecule has 34 heavy (non-hydrogen) atoms. The largest absolute Gasteiger partial charge is 0.396 e. The lowest BCUT2D eigenvalue weighted by Gasteiger charge is -2.35. The number of fused-ring (bicyclic) bond motifs is 1. The van der Waals surface area contributed by atoms with E-state index in [0.29, 0.717) is 45.1 Å². The number of carbonyl (C=O) groups is 4. The van der Waals surface area contributed by atoms with Gasteiger partial charge in [-0.3, -0.25) is 24.2 Å². The summed E-state index contributed by atoms with van der Waals surface area (Å²) in [7, 11) is 0. The Hall–Kier alpha value is -3.01. The molecule has 4 atom stereocenters. The van der Waals surface area contributed by atoms with Crippen LogP contribution in [0.2, 0.25) is 0 Å². The molecule has 1 aromatic heterocycles. The number of nitrogens with one attached hydrogen (secondary N) is 3. The molecular formula is C24H35N5O5. The van der Waals surface area contributed by atoms with Gasteiger partial charge < -0.3 is 26.0 Å². The number of rotatable bonds is 7. The molecule has 0 aromatic carbocycles. The summed E-state index contributed by atoms with van der Waals surface area (Å²) in [6, 6.07) is 1.12. The fraction of sp³-hybridized carbons (Fsp3) is 0.625. The second-order valence-electron chi connectivity index (χ2n) is 9.23. The van der Waals surface area contributed by atoms with Gasteiger partial charge in [-0.25, -0.2) is 0 Å². The topological polar surface area (TPSA) is 141 Å². The van der Waals surface area contributed by atoms with Crippen molar-refractivity contribution in [3.8, 4) is 0 Å². The van der Waals surface area contributed by atoms with Crippen molar-refractivity contribution in [2.75, 3.05) is 13.2 Å². The number of amides is 4. The number of carbonyl (C=O) groups excluding carboxylic acids is 4. The van der Waals surface area contributed by atoms with Gasteiger partial charge in [0.25, 0.3) is 0 Å². The van der Waals surface area contributed by atoms with E-state index in [9.17, 15) is 19.2 Å². The molecule has 3 heterocycles. The van der Waals surface area contributed by atoms with E-state index in [0.717, 1.165) is 5.56 Å². The number of unbranched alkanes of at least 4 members (excludes halogenated alkanes) is 1. The van der Waals surface area contributed by atoms with E-state index in [1.54, 1.807) is 38.4 Å². The number of pyridine rings is 1. The highest BCUT2D eigenvalue weighted by atomic mass is 16.3. The van der Waals surface area contributed by atoms with Gasteiger partial charge in [0.2, 0.25) is 23.6 Å². The Kier molecular flexibility index (Phi) is 8.60. The first-order valence-corrected chi connectivity index (χ1v) is 12.0. The van der Waals surface area contributed by atoms with Gasteiger partial charge >= 0.3 is 0 Å². The Morgan fingerprint density at radius 1 is 1.09 bits per heavy atom. The van der Waals surface area contributed by atoms with Gasteiger partial charge in [-0.15, -0.1) is 0 Å². The summed E-state index contributed by atoms with van der Waals surface area (Å²) in [5, 5.41) is 17.6. The maximum Gasteiger partial charge on any atom is 0.246 e. The van der Waals surface area contributed by atoms with Crippen LogP contribution in [-0.2, 0) is 25.6 Å². The van der Waals surface area contributed by atoms with Gasteiger partial charge in [0.15, 0.2) is 0 Å². The van der Waals surface area contributed by atoms with Crippen LogP contribution in [0.25, 0.3) is 0 Å². The first kappa shape index (κ1) is 25.6. The molecule has 0 aliphatic carbocycles. The highest BCUT2D eigenvalue weighted by Gasteiger charge is 2.43. The van der Waals surface area contributed by atoms with Crippen LogP contribution in [0.15, 0.2) is 24.5 Å². The number of aliphatic hydroxyl groups excluding tert-OH is 1. The molecule has 0 unspecified atom stereocenters. The lowest BCUT2D eigenvalue weighted by Crippen LogP contribution is -2.65. The van der Waals surface area contributed by atoms with E-state index in [-0.39, 0.29) is 24.8 Å². The molecule has 10 heteroatoms. The maximum atomic E-state index is 13.6. The van der Waals surface area contributed by atoms with E-state index >= 15 is 0 Å². The molecule has 186 valence electrons. The quantitative estimate of drug-likeness (QED) is 0.412. The van der Waals surface area contributed by atoms with E-state index < -0.39 is 35.5 Å². The van der Waals surface area contributed by atoms with Crippen LogP contribution in [-0.4, -0.2) is 75.4 Å². The molecule has 0 radical (unpaired) electrons. The molecule has 0 saturated carbocycles. The molecule has 1 aromatic rings. The number of aromatic nitrogens is 1. The van der Waals surface area contributed by atoms with Crippen molar-refractivity contribution >= 4 is 23.6 Å². The third kappa shape index (κ3) is 5.91.